The van der Waals surface area contributed by atoms with E-state index in [4.69, 9.17) is 34.2 Å². The molecule has 0 fully saturated rings. The third kappa shape index (κ3) is 4.27. The van der Waals surface area contributed by atoms with Crippen LogP contribution < -0.4 is 22.5 Å². The minimum Gasteiger partial charge on any atom is -0.383 e. The monoisotopic (exact) mass is 383 g/mol. The predicted octanol–water partition coefficient (Wildman–Crippen LogP) is 1.61. The molecule has 138 valence electrons. The molecule has 3 rings (SSSR count). The molecule has 10 heteroatoms. The second-order valence-electron chi connectivity index (χ2n) is 5.66. The van der Waals surface area contributed by atoms with Crippen molar-refractivity contribution in [2.24, 2.45) is 5.73 Å². The summed E-state index contributed by atoms with van der Waals surface area (Å²) >= 11 is 6.05. The first kappa shape index (κ1) is 18.5. The number of benzene rings is 1. The Hall–Kier alpha value is -3.30. The van der Waals surface area contributed by atoms with Crippen LogP contribution >= 0.6 is 11.6 Å². The van der Waals surface area contributed by atoms with E-state index in [1.807, 2.05) is 18.2 Å². The molecular formula is C17H18ClN9. The van der Waals surface area contributed by atoms with E-state index >= 15 is 0 Å². The highest BCUT2D eigenvalue weighted by Gasteiger charge is 2.15. The van der Waals surface area contributed by atoms with E-state index in [2.05, 4.69) is 25.3 Å². The molecule has 27 heavy (non-hydrogen) atoms. The summed E-state index contributed by atoms with van der Waals surface area (Å²) in [7, 11) is 0. The topological polar surface area (TPSA) is 166 Å². The quantitative estimate of drug-likeness (QED) is 0.400. The minimum absolute atomic E-state index is 0.0430. The fourth-order valence-corrected chi connectivity index (χ4v) is 2.66. The number of hydrogen-bond donors (Lipinski definition) is 5. The molecule has 0 bridgehead atoms. The summed E-state index contributed by atoms with van der Waals surface area (Å²) < 4.78 is 0. The molecule has 1 unspecified atom stereocenters. The summed E-state index contributed by atoms with van der Waals surface area (Å²) in [6, 6.07) is 8.73. The van der Waals surface area contributed by atoms with Gasteiger partial charge in [0.2, 0.25) is 11.9 Å². The number of nitrogens with zero attached hydrogens (tertiary/aromatic N) is 4. The maximum atomic E-state index is 8.34. The fraction of sp³-hybridized carbons (Fsp3) is 0.118. The van der Waals surface area contributed by atoms with Crippen LogP contribution in [-0.4, -0.2) is 32.2 Å². The third-order valence-electron chi connectivity index (χ3n) is 3.81. The lowest BCUT2D eigenvalue weighted by Gasteiger charge is -2.18. The van der Waals surface area contributed by atoms with Crippen molar-refractivity contribution in [2.75, 3.05) is 23.3 Å². The first-order valence-electron chi connectivity index (χ1n) is 8.00. The Morgan fingerprint density at radius 2 is 2.00 bits per heavy atom. The number of aromatic nitrogens is 4. The number of rotatable bonds is 6. The first-order valence-corrected chi connectivity index (χ1v) is 8.38. The molecule has 1 atom stereocenters. The molecule has 0 amide bonds. The fourth-order valence-electron chi connectivity index (χ4n) is 2.46. The maximum absolute atomic E-state index is 8.34. The molecular weight excluding hydrogens is 366 g/mol. The highest BCUT2D eigenvalue weighted by molar-refractivity contribution is 6.30. The van der Waals surface area contributed by atoms with Gasteiger partial charge in [-0.15, -0.1) is 0 Å². The van der Waals surface area contributed by atoms with Gasteiger partial charge in [-0.05, 0) is 23.8 Å². The molecule has 0 aliphatic rings. The van der Waals surface area contributed by atoms with Crippen LogP contribution in [0.1, 0.15) is 22.9 Å². The average molecular weight is 384 g/mol. The van der Waals surface area contributed by atoms with E-state index in [1.54, 1.807) is 18.3 Å². The van der Waals surface area contributed by atoms with Gasteiger partial charge in [0.05, 0.1) is 23.0 Å². The molecule has 2 aromatic heterocycles. The number of nitrogens with one attached hydrogen (secondary N) is 2. The van der Waals surface area contributed by atoms with Crippen molar-refractivity contribution in [3.63, 3.8) is 0 Å². The highest BCUT2D eigenvalue weighted by Crippen LogP contribution is 2.20. The molecule has 3 aromatic rings. The lowest BCUT2D eigenvalue weighted by Crippen LogP contribution is -2.22. The Balaban J connectivity index is 1.85. The molecule has 0 radical (unpaired) electrons. The van der Waals surface area contributed by atoms with Crippen molar-refractivity contribution >= 4 is 35.0 Å². The van der Waals surface area contributed by atoms with Gasteiger partial charge in [-0.1, -0.05) is 23.7 Å². The van der Waals surface area contributed by atoms with Crippen molar-refractivity contribution < 1.29 is 0 Å². The van der Waals surface area contributed by atoms with Crippen molar-refractivity contribution in [2.45, 2.75) is 6.04 Å². The summed E-state index contributed by atoms with van der Waals surface area (Å²) in [5.74, 6) is 0.475. The van der Waals surface area contributed by atoms with E-state index < -0.39 is 0 Å². The van der Waals surface area contributed by atoms with Crippen LogP contribution in [0, 0.1) is 5.41 Å². The third-order valence-corrected chi connectivity index (χ3v) is 4.04. The van der Waals surface area contributed by atoms with Gasteiger partial charge in [0, 0.05) is 24.0 Å². The molecule has 9 nitrogen and oxygen atoms in total. The SMILES string of the molecule is N=C(c1ccnc(NC(CN)c2cccc(Cl)c2)n1)c1cnc(N)nc1N. The second kappa shape index (κ2) is 7.94. The van der Waals surface area contributed by atoms with Gasteiger partial charge in [0.15, 0.2) is 0 Å². The van der Waals surface area contributed by atoms with Crippen LogP contribution in [0.5, 0.6) is 0 Å². The van der Waals surface area contributed by atoms with Crippen LogP contribution in [0.2, 0.25) is 5.02 Å². The smallest absolute Gasteiger partial charge is 0.223 e. The van der Waals surface area contributed by atoms with Crippen molar-refractivity contribution in [1.29, 1.82) is 5.41 Å². The highest BCUT2D eigenvalue weighted by atomic mass is 35.5. The Morgan fingerprint density at radius 1 is 1.19 bits per heavy atom. The van der Waals surface area contributed by atoms with Crippen LogP contribution in [0.3, 0.4) is 0 Å². The summed E-state index contributed by atoms with van der Waals surface area (Å²) in [6.45, 7) is 0.310. The lowest BCUT2D eigenvalue weighted by molar-refractivity contribution is 0.776. The van der Waals surface area contributed by atoms with Crippen LogP contribution in [0.15, 0.2) is 42.7 Å². The molecule has 1 aromatic carbocycles. The standard InChI is InChI=1S/C17H18ClN9/c18-10-3-1-2-9(6-10)13(7-19)26-17-23-5-4-12(25-17)14(20)11-8-24-16(22)27-15(11)21/h1-6,8,13,20H,7,19H2,(H,23,25,26)(H4,21,22,24,27). The van der Waals surface area contributed by atoms with E-state index in [1.165, 1.54) is 6.20 Å². The zero-order valence-corrected chi connectivity index (χ0v) is 15.0. The van der Waals surface area contributed by atoms with Gasteiger partial charge in [-0.3, -0.25) is 5.41 Å². The summed E-state index contributed by atoms with van der Waals surface area (Å²) in [6.07, 6.45) is 2.93. The van der Waals surface area contributed by atoms with Crippen LogP contribution in [-0.2, 0) is 0 Å². The van der Waals surface area contributed by atoms with Crippen molar-refractivity contribution in [1.82, 2.24) is 19.9 Å². The van der Waals surface area contributed by atoms with Crippen molar-refractivity contribution in [3.05, 3.63) is 64.6 Å². The maximum Gasteiger partial charge on any atom is 0.223 e. The summed E-state index contributed by atoms with van der Waals surface area (Å²) in [5, 5.41) is 12.1. The van der Waals surface area contributed by atoms with E-state index in [9.17, 15) is 0 Å². The second-order valence-corrected chi connectivity index (χ2v) is 6.09. The predicted molar refractivity (Wildman–Crippen MR) is 106 cm³/mol. The molecule has 0 saturated carbocycles. The van der Waals surface area contributed by atoms with Gasteiger partial charge in [-0.2, -0.15) is 4.98 Å². The number of nitrogens with two attached hydrogens (primary N) is 3. The molecule has 8 N–H and O–H groups in total. The normalized spacial score (nSPS) is 11.8. The summed E-state index contributed by atoms with van der Waals surface area (Å²) in [4.78, 5) is 16.3. The van der Waals surface area contributed by atoms with Gasteiger partial charge in [-0.25, -0.2) is 15.0 Å². The number of halogens is 1. The number of anilines is 3. The van der Waals surface area contributed by atoms with Gasteiger partial charge in [0.25, 0.3) is 0 Å². The van der Waals surface area contributed by atoms with Crippen LogP contribution in [0.4, 0.5) is 17.7 Å². The molecule has 0 spiro atoms. The first-order chi connectivity index (χ1) is 13.0. The van der Waals surface area contributed by atoms with E-state index in [0.717, 1.165) is 5.56 Å². The van der Waals surface area contributed by atoms with Crippen molar-refractivity contribution in [3.8, 4) is 0 Å². The molecule has 0 aliphatic carbocycles. The van der Waals surface area contributed by atoms with E-state index in [-0.39, 0.29) is 23.5 Å². The minimum atomic E-state index is -0.238. The molecule has 0 aliphatic heterocycles. The summed E-state index contributed by atoms with van der Waals surface area (Å²) in [5.41, 5.74) is 18.9. The Labute approximate surface area is 160 Å². The van der Waals surface area contributed by atoms with Gasteiger partial charge < -0.3 is 22.5 Å². The van der Waals surface area contributed by atoms with E-state index in [0.29, 0.717) is 28.8 Å². The number of hydrogen-bond acceptors (Lipinski definition) is 9. The van der Waals surface area contributed by atoms with Crippen LogP contribution in [0.25, 0.3) is 0 Å². The molecule has 2 heterocycles. The Morgan fingerprint density at radius 3 is 2.70 bits per heavy atom. The number of nitrogen functional groups attached to an aromatic ring is 2. The zero-order valence-electron chi connectivity index (χ0n) is 14.2. The van der Waals surface area contributed by atoms with Gasteiger partial charge >= 0.3 is 0 Å². The largest absolute Gasteiger partial charge is 0.383 e. The van der Waals surface area contributed by atoms with Gasteiger partial charge in [0.1, 0.15) is 5.82 Å². The lowest BCUT2D eigenvalue weighted by atomic mass is 10.1. The Kier molecular flexibility index (Phi) is 5.43. The Bertz CT molecular complexity index is 976. The molecule has 0 saturated heterocycles. The zero-order chi connectivity index (χ0) is 19.4. The average Bonchev–Trinajstić information content (AvgIpc) is 2.66.